The fourth-order valence-corrected chi connectivity index (χ4v) is 2.40. The molecule has 0 aliphatic heterocycles. The van der Waals surface area contributed by atoms with Crippen molar-refractivity contribution in [2.45, 2.75) is 43.7 Å². The summed E-state index contributed by atoms with van der Waals surface area (Å²) in [5.74, 6) is -0.194. The molecule has 2 nitrogen and oxygen atoms in total. The molecule has 0 radical (unpaired) electrons. The smallest absolute Gasteiger partial charge is 0.123 e. The largest absolute Gasteiger partial charge is 0.328 e. The molecule has 3 heteroatoms. The lowest BCUT2D eigenvalue weighted by Crippen LogP contribution is -2.47. The topological polar surface area (TPSA) is 52.0 Å². The quantitative estimate of drug-likeness (QED) is 0.803. The van der Waals surface area contributed by atoms with E-state index in [-0.39, 0.29) is 11.4 Å². The average Bonchev–Trinajstić information content (AvgIpc) is 2.27. The molecule has 1 aliphatic rings. The van der Waals surface area contributed by atoms with E-state index in [9.17, 15) is 4.39 Å². The molecule has 1 fully saturated rings. The SMILES string of the molecule is NC1CCC(N)(Cc2ccc(F)cc2)CC1. The molecule has 4 N–H and O–H groups in total. The summed E-state index contributed by atoms with van der Waals surface area (Å²) in [6.45, 7) is 0. The molecule has 0 aromatic heterocycles. The van der Waals surface area contributed by atoms with Gasteiger partial charge >= 0.3 is 0 Å². The third-order valence-electron chi connectivity index (χ3n) is 3.50. The highest BCUT2D eigenvalue weighted by Crippen LogP contribution is 2.28. The van der Waals surface area contributed by atoms with Gasteiger partial charge in [0.05, 0.1) is 0 Å². The Bertz CT molecular complexity index is 339. The second-order valence-corrected chi connectivity index (χ2v) is 5.00. The second kappa shape index (κ2) is 4.52. The standard InChI is InChI=1S/C13H19FN2/c14-11-3-1-10(2-4-11)9-13(16)7-5-12(15)6-8-13/h1-4,12H,5-9,15-16H2. The number of halogens is 1. The number of benzene rings is 1. The molecule has 0 heterocycles. The van der Waals surface area contributed by atoms with Gasteiger partial charge in [-0.3, -0.25) is 0 Å². The van der Waals surface area contributed by atoms with Crippen LogP contribution in [0.15, 0.2) is 24.3 Å². The molecule has 88 valence electrons. The number of nitrogens with two attached hydrogens (primary N) is 2. The Morgan fingerprint density at radius 1 is 1.19 bits per heavy atom. The molecule has 0 spiro atoms. The van der Waals surface area contributed by atoms with Crippen LogP contribution in [0.5, 0.6) is 0 Å². The molecule has 1 aromatic rings. The van der Waals surface area contributed by atoms with Crippen LogP contribution in [0.25, 0.3) is 0 Å². The van der Waals surface area contributed by atoms with Gasteiger partial charge in [0.25, 0.3) is 0 Å². The van der Waals surface area contributed by atoms with Crippen molar-refractivity contribution in [2.75, 3.05) is 0 Å². The monoisotopic (exact) mass is 222 g/mol. The van der Waals surface area contributed by atoms with E-state index >= 15 is 0 Å². The summed E-state index contributed by atoms with van der Waals surface area (Å²) in [5.41, 5.74) is 13.2. The number of rotatable bonds is 2. The zero-order valence-electron chi connectivity index (χ0n) is 9.45. The van der Waals surface area contributed by atoms with Crippen LogP contribution in [-0.4, -0.2) is 11.6 Å². The van der Waals surface area contributed by atoms with E-state index in [2.05, 4.69) is 0 Å². The first-order valence-electron chi connectivity index (χ1n) is 5.86. The van der Waals surface area contributed by atoms with Crippen molar-refractivity contribution in [1.29, 1.82) is 0 Å². The minimum atomic E-state index is -0.194. The van der Waals surface area contributed by atoms with Crippen molar-refractivity contribution < 1.29 is 4.39 Å². The predicted octanol–water partition coefficient (Wildman–Crippen LogP) is 1.97. The normalized spacial score (nSPS) is 30.3. The van der Waals surface area contributed by atoms with Crippen LogP contribution in [0.3, 0.4) is 0 Å². The van der Waals surface area contributed by atoms with Crippen LogP contribution in [0.1, 0.15) is 31.2 Å². The fraction of sp³-hybridized carbons (Fsp3) is 0.538. The molecule has 2 rings (SSSR count). The molecule has 1 aliphatic carbocycles. The van der Waals surface area contributed by atoms with E-state index in [1.54, 1.807) is 0 Å². The van der Waals surface area contributed by atoms with Gasteiger partial charge in [-0.25, -0.2) is 4.39 Å². The van der Waals surface area contributed by atoms with Crippen LogP contribution in [0, 0.1) is 5.82 Å². The minimum absolute atomic E-state index is 0.145. The molecule has 0 amide bonds. The lowest BCUT2D eigenvalue weighted by Gasteiger charge is -2.36. The molecule has 0 atom stereocenters. The van der Waals surface area contributed by atoms with Crippen LogP contribution in [-0.2, 0) is 6.42 Å². The summed E-state index contributed by atoms with van der Waals surface area (Å²) in [4.78, 5) is 0. The first-order chi connectivity index (χ1) is 7.57. The Labute approximate surface area is 95.8 Å². The van der Waals surface area contributed by atoms with Crippen molar-refractivity contribution in [3.05, 3.63) is 35.6 Å². The second-order valence-electron chi connectivity index (χ2n) is 5.00. The van der Waals surface area contributed by atoms with E-state index in [1.165, 1.54) is 12.1 Å². The van der Waals surface area contributed by atoms with Crippen LogP contribution >= 0.6 is 0 Å². The third kappa shape index (κ3) is 2.80. The van der Waals surface area contributed by atoms with Crippen molar-refractivity contribution in [2.24, 2.45) is 11.5 Å². The number of hydrogen-bond acceptors (Lipinski definition) is 2. The average molecular weight is 222 g/mol. The predicted molar refractivity (Wildman–Crippen MR) is 63.5 cm³/mol. The Balaban J connectivity index is 2.00. The van der Waals surface area contributed by atoms with Crippen molar-refractivity contribution in [3.8, 4) is 0 Å². The molecular formula is C13H19FN2. The maximum absolute atomic E-state index is 12.8. The Morgan fingerprint density at radius 3 is 2.31 bits per heavy atom. The first-order valence-corrected chi connectivity index (χ1v) is 5.86. The van der Waals surface area contributed by atoms with Gasteiger partial charge in [-0.2, -0.15) is 0 Å². The highest BCUT2D eigenvalue weighted by molar-refractivity contribution is 5.19. The van der Waals surface area contributed by atoms with E-state index < -0.39 is 0 Å². The minimum Gasteiger partial charge on any atom is -0.328 e. The maximum atomic E-state index is 12.8. The number of hydrogen-bond donors (Lipinski definition) is 2. The van der Waals surface area contributed by atoms with Gasteiger partial charge in [0.15, 0.2) is 0 Å². The van der Waals surface area contributed by atoms with Gasteiger partial charge in [0.2, 0.25) is 0 Å². The van der Waals surface area contributed by atoms with E-state index in [1.807, 2.05) is 12.1 Å². The Hall–Kier alpha value is -0.930. The molecular weight excluding hydrogens is 203 g/mol. The van der Waals surface area contributed by atoms with Gasteiger partial charge < -0.3 is 11.5 Å². The van der Waals surface area contributed by atoms with Crippen LogP contribution in [0.4, 0.5) is 4.39 Å². The zero-order chi connectivity index (χ0) is 11.6. The van der Waals surface area contributed by atoms with Gasteiger partial charge in [-0.05, 0) is 49.8 Å². The van der Waals surface area contributed by atoms with Gasteiger partial charge in [-0.15, -0.1) is 0 Å². The lowest BCUT2D eigenvalue weighted by molar-refractivity contribution is 0.271. The van der Waals surface area contributed by atoms with Gasteiger partial charge in [0.1, 0.15) is 5.82 Å². The summed E-state index contributed by atoms with van der Waals surface area (Å²) < 4.78 is 12.8. The van der Waals surface area contributed by atoms with Gasteiger partial charge in [0, 0.05) is 11.6 Å². The maximum Gasteiger partial charge on any atom is 0.123 e. The van der Waals surface area contributed by atoms with E-state index in [0.29, 0.717) is 6.04 Å². The molecule has 0 saturated heterocycles. The lowest BCUT2D eigenvalue weighted by atomic mass is 9.77. The summed E-state index contributed by atoms with van der Waals surface area (Å²) >= 11 is 0. The summed E-state index contributed by atoms with van der Waals surface area (Å²) in [7, 11) is 0. The Morgan fingerprint density at radius 2 is 1.75 bits per heavy atom. The highest BCUT2D eigenvalue weighted by atomic mass is 19.1. The van der Waals surface area contributed by atoms with Crippen molar-refractivity contribution in [3.63, 3.8) is 0 Å². The van der Waals surface area contributed by atoms with Crippen LogP contribution in [0.2, 0.25) is 0 Å². The van der Waals surface area contributed by atoms with E-state index in [0.717, 1.165) is 37.7 Å². The molecule has 0 unspecified atom stereocenters. The molecule has 1 saturated carbocycles. The first kappa shape index (κ1) is 11.6. The Kier molecular flexibility index (Phi) is 3.26. The summed E-state index contributed by atoms with van der Waals surface area (Å²) in [5, 5.41) is 0. The molecule has 1 aromatic carbocycles. The van der Waals surface area contributed by atoms with Crippen molar-refractivity contribution >= 4 is 0 Å². The summed E-state index contributed by atoms with van der Waals surface area (Å²) in [6.07, 6.45) is 4.74. The summed E-state index contributed by atoms with van der Waals surface area (Å²) in [6, 6.07) is 6.93. The molecule has 16 heavy (non-hydrogen) atoms. The fourth-order valence-electron chi connectivity index (χ4n) is 2.40. The van der Waals surface area contributed by atoms with E-state index in [4.69, 9.17) is 11.5 Å². The van der Waals surface area contributed by atoms with Crippen molar-refractivity contribution in [1.82, 2.24) is 0 Å². The van der Waals surface area contributed by atoms with Gasteiger partial charge in [-0.1, -0.05) is 12.1 Å². The molecule has 0 bridgehead atoms. The third-order valence-corrected chi connectivity index (χ3v) is 3.50. The zero-order valence-corrected chi connectivity index (χ0v) is 9.45. The van der Waals surface area contributed by atoms with Crippen LogP contribution < -0.4 is 11.5 Å². The highest BCUT2D eigenvalue weighted by Gasteiger charge is 2.30.